The van der Waals surface area contributed by atoms with Crippen LogP contribution in [0.1, 0.15) is 43.1 Å². The topological polar surface area (TPSA) is 92.5 Å². The van der Waals surface area contributed by atoms with E-state index < -0.39 is 10.9 Å². The number of nitro groups is 1. The number of rotatable bonds is 7. The Bertz CT molecular complexity index is 502. The van der Waals surface area contributed by atoms with Gasteiger partial charge in [-0.25, -0.2) is 4.79 Å². The Hall–Kier alpha value is -1.95. The number of carbonyl (C=O) groups is 1. The third kappa shape index (κ3) is 3.77. The van der Waals surface area contributed by atoms with Crippen LogP contribution in [-0.4, -0.2) is 22.0 Å². The van der Waals surface area contributed by atoms with Gasteiger partial charge in [-0.3, -0.25) is 10.1 Å². The molecule has 110 valence electrons. The number of carboxylic acids is 1. The molecule has 2 unspecified atom stereocenters. The van der Waals surface area contributed by atoms with Crippen molar-refractivity contribution >= 4 is 11.7 Å². The van der Waals surface area contributed by atoms with Gasteiger partial charge in [-0.1, -0.05) is 32.4 Å². The summed E-state index contributed by atoms with van der Waals surface area (Å²) < 4.78 is 0. The van der Waals surface area contributed by atoms with E-state index in [1.165, 1.54) is 12.1 Å². The minimum atomic E-state index is -1.27. The molecule has 0 aliphatic heterocycles. The van der Waals surface area contributed by atoms with Crippen molar-refractivity contribution in [1.29, 1.82) is 0 Å². The van der Waals surface area contributed by atoms with Crippen molar-refractivity contribution in [2.45, 2.75) is 39.8 Å². The molecule has 1 aromatic rings. The van der Waals surface area contributed by atoms with Gasteiger partial charge in [-0.15, -0.1) is 0 Å². The van der Waals surface area contributed by atoms with Gasteiger partial charge in [-0.05, 0) is 18.4 Å². The van der Waals surface area contributed by atoms with Crippen LogP contribution in [0.25, 0.3) is 0 Å². The normalized spacial score (nSPS) is 13.8. The highest BCUT2D eigenvalue weighted by atomic mass is 16.6. The van der Waals surface area contributed by atoms with Gasteiger partial charge in [0.2, 0.25) is 0 Å². The molecule has 0 aliphatic rings. The zero-order valence-electron chi connectivity index (χ0n) is 11.9. The highest BCUT2D eigenvalue weighted by Crippen LogP contribution is 2.22. The van der Waals surface area contributed by atoms with Crippen LogP contribution in [0.4, 0.5) is 5.69 Å². The third-order valence-electron chi connectivity index (χ3n) is 3.65. The molecule has 0 saturated carbocycles. The van der Waals surface area contributed by atoms with Crippen LogP contribution in [0.5, 0.6) is 0 Å². The first-order valence-corrected chi connectivity index (χ1v) is 6.61. The van der Waals surface area contributed by atoms with E-state index in [9.17, 15) is 20.0 Å². The Kier molecular flexibility index (Phi) is 5.64. The molecule has 0 fully saturated rings. The first kappa shape index (κ1) is 16.1. The van der Waals surface area contributed by atoms with Crippen LogP contribution in [0.15, 0.2) is 18.2 Å². The number of carboxylic acid groups (broad SMARTS) is 1. The first-order chi connectivity index (χ1) is 9.38. The average Bonchev–Trinajstić information content (AvgIpc) is 2.42. The quantitative estimate of drug-likeness (QED) is 0.591. The van der Waals surface area contributed by atoms with E-state index in [0.29, 0.717) is 18.0 Å². The van der Waals surface area contributed by atoms with E-state index in [0.717, 1.165) is 6.42 Å². The number of benzene rings is 1. The maximum atomic E-state index is 11.2. The summed E-state index contributed by atoms with van der Waals surface area (Å²) in [4.78, 5) is 21.5. The van der Waals surface area contributed by atoms with Crippen molar-refractivity contribution in [3.8, 4) is 0 Å². The molecule has 2 atom stereocenters. The zero-order valence-corrected chi connectivity index (χ0v) is 11.9. The zero-order chi connectivity index (χ0) is 15.3. The van der Waals surface area contributed by atoms with Crippen LogP contribution >= 0.6 is 0 Å². The van der Waals surface area contributed by atoms with Crippen molar-refractivity contribution in [2.24, 2.45) is 5.92 Å². The standard InChI is InChI=1S/C14H20N2O4/c1-4-9(2)10(3)15-8-11-6-5-7-12(16(19)20)13(11)14(17)18/h5-7,9-10,15H,4,8H2,1-3H3,(H,17,18). The Balaban J connectivity index is 2.98. The number of aromatic carboxylic acids is 1. The summed E-state index contributed by atoms with van der Waals surface area (Å²) in [7, 11) is 0. The largest absolute Gasteiger partial charge is 0.477 e. The number of nitro benzene ring substituents is 1. The molecule has 0 spiro atoms. The fourth-order valence-corrected chi connectivity index (χ4v) is 1.96. The van der Waals surface area contributed by atoms with Gasteiger partial charge in [-0.2, -0.15) is 0 Å². The van der Waals surface area contributed by atoms with Crippen LogP contribution < -0.4 is 5.32 Å². The summed E-state index contributed by atoms with van der Waals surface area (Å²) in [6.07, 6.45) is 1.01. The maximum Gasteiger partial charge on any atom is 0.343 e. The number of nitrogens with one attached hydrogen (secondary N) is 1. The lowest BCUT2D eigenvalue weighted by molar-refractivity contribution is -0.385. The van der Waals surface area contributed by atoms with E-state index in [2.05, 4.69) is 19.2 Å². The van der Waals surface area contributed by atoms with E-state index in [-0.39, 0.29) is 17.3 Å². The van der Waals surface area contributed by atoms with Gasteiger partial charge in [0.15, 0.2) is 0 Å². The van der Waals surface area contributed by atoms with E-state index in [1.807, 2.05) is 6.92 Å². The summed E-state index contributed by atoms with van der Waals surface area (Å²) in [5.74, 6) is -0.827. The Morgan fingerprint density at radius 2 is 2.10 bits per heavy atom. The molecule has 6 heteroatoms. The fraction of sp³-hybridized carbons (Fsp3) is 0.500. The van der Waals surface area contributed by atoms with Gasteiger partial charge in [0.1, 0.15) is 5.56 Å². The van der Waals surface area contributed by atoms with Gasteiger partial charge < -0.3 is 10.4 Å². The molecule has 0 bridgehead atoms. The number of hydrogen-bond acceptors (Lipinski definition) is 4. The minimum absolute atomic E-state index is 0.209. The molecule has 1 rings (SSSR count). The Morgan fingerprint density at radius 1 is 1.45 bits per heavy atom. The van der Waals surface area contributed by atoms with E-state index in [1.54, 1.807) is 6.07 Å². The lowest BCUT2D eigenvalue weighted by atomic mass is 10.00. The van der Waals surface area contributed by atoms with Gasteiger partial charge in [0, 0.05) is 18.7 Å². The minimum Gasteiger partial charge on any atom is -0.477 e. The summed E-state index contributed by atoms with van der Waals surface area (Å²) in [6, 6.07) is 4.54. The van der Waals surface area contributed by atoms with Gasteiger partial charge >= 0.3 is 5.97 Å². The predicted molar refractivity (Wildman–Crippen MR) is 75.8 cm³/mol. The van der Waals surface area contributed by atoms with Crippen LogP contribution in [0, 0.1) is 16.0 Å². The molecule has 6 nitrogen and oxygen atoms in total. The average molecular weight is 280 g/mol. The smallest absolute Gasteiger partial charge is 0.343 e. The predicted octanol–water partition coefficient (Wildman–Crippen LogP) is 2.82. The molecule has 1 aromatic carbocycles. The lowest BCUT2D eigenvalue weighted by Crippen LogP contribution is -2.31. The first-order valence-electron chi connectivity index (χ1n) is 6.61. The van der Waals surface area contributed by atoms with Crippen molar-refractivity contribution in [2.75, 3.05) is 0 Å². The molecule has 0 aliphatic carbocycles. The molecule has 0 heterocycles. The third-order valence-corrected chi connectivity index (χ3v) is 3.65. The monoisotopic (exact) mass is 280 g/mol. The molecular weight excluding hydrogens is 260 g/mol. The van der Waals surface area contributed by atoms with E-state index in [4.69, 9.17) is 0 Å². The second-order valence-electron chi connectivity index (χ2n) is 4.93. The molecule has 0 aromatic heterocycles. The fourth-order valence-electron chi connectivity index (χ4n) is 1.96. The summed E-state index contributed by atoms with van der Waals surface area (Å²) in [5.41, 5.74) is -0.170. The number of hydrogen-bond donors (Lipinski definition) is 2. The SMILES string of the molecule is CCC(C)C(C)NCc1cccc([N+](=O)[O-])c1C(=O)O. The van der Waals surface area contributed by atoms with Crippen molar-refractivity contribution in [3.05, 3.63) is 39.4 Å². The summed E-state index contributed by atoms with van der Waals surface area (Å²) in [6.45, 7) is 6.50. The van der Waals surface area contributed by atoms with Crippen molar-refractivity contribution in [3.63, 3.8) is 0 Å². The molecule has 2 N–H and O–H groups in total. The number of nitrogens with zero attached hydrogens (tertiary/aromatic N) is 1. The van der Waals surface area contributed by atoms with Gasteiger partial charge in [0.25, 0.3) is 5.69 Å². The highest BCUT2D eigenvalue weighted by Gasteiger charge is 2.23. The van der Waals surface area contributed by atoms with Gasteiger partial charge in [0.05, 0.1) is 4.92 Å². The Morgan fingerprint density at radius 3 is 2.60 bits per heavy atom. The molecule has 0 radical (unpaired) electrons. The van der Waals surface area contributed by atoms with Crippen molar-refractivity contribution in [1.82, 2.24) is 5.32 Å². The Labute approximate surface area is 118 Å². The van der Waals surface area contributed by atoms with Crippen LogP contribution in [0.3, 0.4) is 0 Å². The second-order valence-corrected chi connectivity index (χ2v) is 4.93. The maximum absolute atomic E-state index is 11.2. The summed E-state index contributed by atoms with van der Waals surface area (Å²) in [5, 5.41) is 23.3. The highest BCUT2D eigenvalue weighted by molar-refractivity contribution is 5.94. The lowest BCUT2D eigenvalue weighted by Gasteiger charge is -2.20. The van der Waals surface area contributed by atoms with Crippen LogP contribution in [0.2, 0.25) is 0 Å². The molecule has 0 amide bonds. The molecule has 0 saturated heterocycles. The van der Waals surface area contributed by atoms with Crippen LogP contribution in [-0.2, 0) is 6.54 Å². The van der Waals surface area contributed by atoms with E-state index >= 15 is 0 Å². The van der Waals surface area contributed by atoms with Crippen molar-refractivity contribution < 1.29 is 14.8 Å². The summed E-state index contributed by atoms with van der Waals surface area (Å²) >= 11 is 0. The molecular formula is C14H20N2O4. The second kappa shape index (κ2) is 7.00. The molecule has 20 heavy (non-hydrogen) atoms.